The van der Waals surface area contributed by atoms with E-state index in [9.17, 15) is 21.0 Å². The molecule has 6 nitrogen and oxygen atoms in total. The molecular weight excluding hydrogens is 509 g/mol. The Morgan fingerprint density at radius 1 is 0.605 bits per heavy atom. The molecule has 8 heteroatoms. The molecule has 0 saturated carbocycles. The third-order valence-electron chi connectivity index (χ3n) is 5.95. The van der Waals surface area contributed by atoms with Crippen molar-refractivity contribution in [2.75, 3.05) is 0 Å². The molecular formula is C30H24N6S2. The number of aromatic nitrogens is 2. The van der Waals surface area contributed by atoms with Crippen LogP contribution in [0.1, 0.15) is 38.1 Å². The van der Waals surface area contributed by atoms with Gasteiger partial charge in [0.1, 0.15) is 35.4 Å². The molecule has 0 amide bonds. The van der Waals surface area contributed by atoms with Gasteiger partial charge >= 0.3 is 0 Å². The second-order valence-corrected chi connectivity index (χ2v) is 10.6. The lowest BCUT2D eigenvalue weighted by Gasteiger charge is -2.09. The molecule has 0 aliphatic rings. The Kier molecular flexibility index (Phi) is 8.42. The van der Waals surface area contributed by atoms with Gasteiger partial charge in [-0.1, -0.05) is 13.8 Å². The average Bonchev–Trinajstić information content (AvgIpc) is 3.73. The Balaban J connectivity index is 1.68. The standard InChI is InChI=1S/C30H24N6S2/c1-3-13-35-23(15-21(17-31)18-32)5-7-25(35)27-9-11-29(37-27)30-12-10-28(38-30)26-8-6-24(36(26)14-4-2)16-22(19-33)20-34/h5-12,15-16H,3-4,13-14H2,1-2H3. The summed E-state index contributed by atoms with van der Waals surface area (Å²) in [5, 5.41) is 36.7. The molecule has 0 radical (unpaired) electrons. The minimum Gasteiger partial charge on any atom is -0.340 e. The normalized spacial score (nSPS) is 10.2. The maximum Gasteiger partial charge on any atom is 0.131 e. The van der Waals surface area contributed by atoms with E-state index < -0.39 is 0 Å². The molecule has 4 rings (SSSR count). The molecule has 186 valence electrons. The van der Waals surface area contributed by atoms with E-state index in [1.807, 2.05) is 48.5 Å². The van der Waals surface area contributed by atoms with Crippen molar-refractivity contribution >= 4 is 34.8 Å². The largest absolute Gasteiger partial charge is 0.340 e. The second-order valence-electron chi connectivity index (χ2n) is 8.48. The van der Waals surface area contributed by atoms with Crippen LogP contribution in [-0.4, -0.2) is 9.13 Å². The maximum atomic E-state index is 9.18. The first-order valence-corrected chi connectivity index (χ1v) is 13.8. The van der Waals surface area contributed by atoms with Gasteiger partial charge in [-0.3, -0.25) is 0 Å². The van der Waals surface area contributed by atoms with Crippen LogP contribution in [0, 0.1) is 45.3 Å². The zero-order valence-corrected chi connectivity index (χ0v) is 22.7. The molecule has 0 fully saturated rings. The van der Waals surface area contributed by atoms with Gasteiger partial charge in [-0.15, -0.1) is 22.7 Å². The SMILES string of the molecule is CCCn1c(C=C(C#N)C#N)ccc1-c1ccc(-c2ccc(-c3ccc(C=C(C#N)C#N)n3CCC)s2)s1. The number of rotatable bonds is 9. The molecule has 4 aromatic rings. The first-order valence-electron chi connectivity index (χ1n) is 12.2. The van der Waals surface area contributed by atoms with Gasteiger partial charge in [0.15, 0.2) is 0 Å². The monoisotopic (exact) mass is 532 g/mol. The maximum absolute atomic E-state index is 9.18. The molecule has 0 aromatic carbocycles. The molecule has 0 spiro atoms. The van der Waals surface area contributed by atoms with E-state index in [-0.39, 0.29) is 11.1 Å². The molecule has 0 atom stereocenters. The molecule has 0 N–H and O–H groups in total. The van der Waals surface area contributed by atoms with Crippen molar-refractivity contribution in [1.29, 1.82) is 21.0 Å². The summed E-state index contributed by atoms with van der Waals surface area (Å²) in [5.41, 5.74) is 4.03. The number of thiophene rings is 2. The molecule has 4 heterocycles. The van der Waals surface area contributed by atoms with Gasteiger partial charge in [-0.25, -0.2) is 0 Å². The summed E-state index contributed by atoms with van der Waals surface area (Å²) in [6.07, 6.45) is 5.15. The van der Waals surface area contributed by atoms with Gasteiger partial charge in [-0.2, -0.15) is 21.0 Å². The highest BCUT2D eigenvalue weighted by Gasteiger charge is 2.15. The zero-order chi connectivity index (χ0) is 27.1. The van der Waals surface area contributed by atoms with Crippen molar-refractivity contribution in [3.05, 3.63) is 71.1 Å². The quantitative estimate of drug-likeness (QED) is 0.203. The number of nitriles is 4. The van der Waals surface area contributed by atoms with Gasteiger partial charge in [-0.05, 0) is 73.5 Å². The second kappa shape index (κ2) is 12.1. The topological polar surface area (TPSA) is 105 Å². The molecule has 38 heavy (non-hydrogen) atoms. The van der Waals surface area contributed by atoms with Gasteiger partial charge in [0, 0.05) is 34.2 Å². The van der Waals surface area contributed by atoms with Gasteiger partial charge in [0.25, 0.3) is 0 Å². The first kappa shape index (κ1) is 26.5. The van der Waals surface area contributed by atoms with Crippen LogP contribution in [0.5, 0.6) is 0 Å². The van der Waals surface area contributed by atoms with E-state index in [4.69, 9.17) is 0 Å². The third-order valence-corrected chi connectivity index (χ3v) is 8.36. The molecule has 4 aromatic heterocycles. The van der Waals surface area contributed by atoms with E-state index in [1.165, 1.54) is 0 Å². The van der Waals surface area contributed by atoms with Crippen LogP contribution in [-0.2, 0) is 13.1 Å². The van der Waals surface area contributed by atoms with Crippen LogP contribution in [0.2, 0.25) is 0 Å². The summed E-state index contributed by atoms with van der Waals surface area (Å²) in [7, 11) is 0. The summed E-state index contributed by atoms with van der Waals surface area (Å²) in [6.45, 7) is 5.80. The van der Waals surface area contributed by atoms with Crippen LogP contribution >= 0.6 is 22.7 Å². The fourth-order valence-corrected chi connectivity index (χ4v) is 6.46. The lowest BCUT2D eigenvalue weighted by Crippen LogP contribution is -2.01. The summed E-state index contributed by atoms with van der Waals surface area (Å²) < 4.78 is 4.32. The number of hydrogen-bond donors (Lipinski definition) is 0. The fraction of sp³-hybridized carbons (Fsp3) is 0.200. The van der Waals surface area contributed by atoms with Crippen molar-refractivity contribution < 1.29 is 0 Å². The average molecular weight is 533 g/mol. The summed E-state index contributed by atoms with van der Waals surface area (Å²) in [6, 6.07) is 24.3. The van der Waals surface area contributed by atoms with E-state index in [1.54, 1.807) is 34.8 Å². The van der Waals surface area contributed by atoms with E-state index in [0.717, 1.165) is 68.2 Å². The molecule has 0 saturated heterocycles. The van der Waals surface area contributed by atoms with E-state index >= 15 is 0 Å². The highest BCUT2D eigenvalue weighted by Crippen LogP contribution is 2.41. The highest BCUT2D eigenvalue weighted by molar-refractivity contribution is 7.25. The van der Waals surface area contributed by atoms with Gasteiger partial charge in [0.05, 0.1) is 21.1 Å². The minimum atomic E-state index is 0.0907. The van der Waals surface area contributed by atoms with Crippen LogP contribution in [0.4, 0.5) is 0 Å². The molecule has 0 bridgehead atoms. The summed E-state index contributed by atoms with van der Waals surface area (Å²) in [4.78, 5) is 4.58. The van der Waals surface area contributed by atoms with Crippen molar-refractivity contribution in [1.82, 2.24) is 9.13 Å². The Morgan fingerprint density at radius 2 is 0.974 bits per heavy atom. The van der Waals surface area contributed by atoms with E-state index in [2.05, 4.69) is 47.2 Å². The van der Waals surface area contributed by atoms with Crippen LogP contribution in [0.3, 0.4) is 0 Å². The number of hydrogen-bond acceptors (Lipinski definition) is 6. The Morgan fingerprint density at radius 3 is 1.32 bits per heavy atom. The van der Waals surface area contributed by atoms with Gasteiger partial charge < -0.3 is 9.13 Å². The predicted octanol–water partition coefficient (Wildman–Crippen LogP) is 8.09. The van der Waals surface area contributed by atoms with E-state index in [0.29, 0.717) is 0 Å². The Bertz CT molecular complexity index is 1530. The van der Waals surface area contributed by atoms with Crippen molar-refractivity contribution in [3.63, 3.8) is 0 Å². The highest BCUT2D eigenvalue weighted by atomic mass is 32.1. The van der Waals surface area contributed by atoms with Crippen molar-refractivity contribution in [2.45, 2.75) is 39.8 Å². The molecule has 0 aliphatic heterocycles. The Labute approximate surface area is 230 Å². The lowest BCUT2D eigenvalue weighted by molar-refractivity contribution is 0.685. The van der Waals surface area contributed by atoms with Crippen LogP contribution in [0.25, 0.3) is 43.0 Å². The number of allylic oxidation sites excluding steroid dienone is 2. The predicted molar refractivity (Wildman–Crippen MR) is 153 cm³/mol. The minimum absolute atomic E-state index is 0.0907. The van der Waals surface area contributed by atoms with Gasteiger partial charge in [0.2, 0.25) is 0 Å². The number of nitrogens with zero attached hydrogens (tertiary/aromatic N) is 6. The first-order chi connectivity index (χ1) is 18.6. The van der Waals surface area contributed by atoms with Crippen LogP contribution < -0.4 is 0 Å². The summed E-state index contributed by atoms with van der Waals surface area (Å²) in [5.74, 6) is 0. The molecule has 0 aliphatic carbocycles. The van der Waals surface area contributed by atoms with Crippen molar-refractivity contribution in [3.8, 4) is 55.2 Å². The smallest absolute Gasteiger partial charge is 0.131 e. The lowest BCUT2D eigenvalue weighted by atomic mass is 10.2. The third kappa shape index (κ3) is 5.39. The van der Waals surface area contributed by atoms with Crippen LogP contribution in [0.15, 0.2) is 59.7 Å². The fourth-order valence-electron chi connectivity index (χ4n) is 4.29. The summed E-state index contributed by atoms with van der Waals surface area (Å²) >= 11 is 3.43. The van der Waals surface area contributed by atoms with Crippen molar-refractivity contribution in [2.24, 2.45) is 0 Å². The molecule has 0 unspecified atom stereocenters. The zero-order valence-electron chi connectivity index (χ0n) is 21.1. The Hall–Kier alpha value is -4.60.